The SMILES string of the molecule is Cc1nc2cc(NC(C)CCO)c(N)cc2s1. The normalized spacial score (nSPS) is 12.9. The molecule has 1 atom stereocenters. The van der Waals surface area contributed by atoms with Crippen LogP contribution in [0.15, 0.2) is 12.1 Å². The van der Waals surface area contributed by atoms with E-state index in [1.807, 2.05) is 26.0 Å². The van der Waals surface area contributed by atoms with E-state index in [-0.39, 0.29) is 12.6 Å². The highest BCUT2D eigenvalue weighted by atomic mass is 32.1. The number of hydrogen-bond donors (Lipinski definition) is 3. The molecule has 0 aliphatic heterocycles. The zero-order chi connectivity index (χ0) is 12.4. The van der Waals surface area contributed by atoms with Crippen LogP contribution in [0.4, 0.5) is 11.4 Å². The third-order valence-electron chi connectivity index (χ3n) is 2.63. The minimum atomic E-state index is 0.173. The maximum Gasteiger partial charge on any atom is 0.0907 e. The van der Waals surface area contributed by atoms with E-state index >= 15 is 0 Å². The number of aliphatic hydroxyl groups is 1. The minimum Gasteiger partial charge on any atom is -0.397 e. The van der Waals surface area contributed by atoms with Crippen LogP contribution < -0.4 is 11.1 Å². The highest BCUT2D eigenvalue weighted by molar-refractivity contribution is 7.18. The summed E-state index contributed by atoms with van der Waals surface area (Å²) < 4.78 is 1.11. The first-order valence-corrected chi connectivity index (χ1v) is 6.46. The third-order valence-corrected chi connectivity index (χ3v) is 3.56. The molecule has 0 bridgehead atoms. The highest BCUT2D eigenvalue weighted by Crippen LogP contribution is 2.30. The number of nitrogens with two attached hydrogens (primary N) is 1. The van der Waals surface area contributed by atoms with Crippen molar-refractivity contribution in [3.8, 4) is 0 Å². The van der Waals surface area contributed by atoms with Crippen LogP contribution in [0.1, 0.15) is 18.4 Å². The van der Waals surface area contributed by atoms with Crippen molar-refractivity contribution in [2.75, 3.05) is 17.7 Å². The van der Waals surface area contributed by atoms with Crippen molar-refractivity contribution in [3.05, 3.63) is 17.1 Å². The van der Waals surface area contributed by atoms with Gasteiger partial charge in [0.15, 0.2) is 0 Å². The topological polar surface area (TPSA) is 71.2 Å². The molecule has 0 saturated carbocycles. The van der Waals surface area contributed by atoms with E-state index in [9.17, 15) is 0 Å². The highest BCUT2D eigenvalue weighted by Gasteiger charge is 2.08. The fourth-order valence-corrected chi connectivity index (χ4v) is 2.62. The molecule has 2 aromatic rings. The van der Waals surface area contributed by atoms with E-state index in [2.05, 4.69) is 10.3 Å². The second kappa shape index (κ2) is 4.89. The molecule has 5 heteroatoms. The summed E-state index contributed by atoms with van der Waals surface area (Å²) >= 11 is 1.65. The second-order valence-electron chi connectivity index (χ2n) is 4.20. The Morgan fingerprint density at radius 1 is 1.53 bits per heavy atom. The number of aromatic nitrogens is 1. The fourth-order valence-electron chi connectivity index (χ4n) is 1.76. The zero-order valence-electron chi connectivity index (χ0n) is 10.0. The molecule has 1 unspecified atom stereocenters. The first-order valence-electron chi connectivity index (χ1n) is 5.64. The molecule has 0 spiro atoms. The lowest BCUT2D eigenvalue weighted by Gasteiger charge is -2.15. The van der Waals surface area contributed by atoms with Crippen molar-refractivity contribution in [1.29, 1.82) is 0 Å². The average molecular weight is 251 g/mol. The van der Waals surface area contributed by atoms with Gasteiger partial charge in [-0.25, -0.2) is 4.98 Å². The van der Waals surface area contributed by atoms with Crippen LogP contribution in [0, 0.1) is 6.92 Å². The summed E-state index contributed by atoms with van der Waals surface area (Å²) in [6, 6.07) is 4.12. The van der Waals surface area contributed by atoms with Gasteiger partial charge in [0.05, 0.1) is 26.6 Å². The van der Waals surface area contributed by atoms with Gasteiger partial charge in [-0.2, -0.15) is 0 Å². The van der Waals surface area contributed by atoms with E-state index < -0.39 is 0 Å². The Labute approximate surface area is 104 Å². The van der Waals surface area contributed by atoms with Gasteiger partial charge in [0.25, 0.3) is 0 Å². The number of anilines is 2. The molecule has 4 nitrogen and oxygen atoms in total. The lowest BCUT2D eigenvalue weighted by atomic mass is 10.2. The molecular weight excluding hydrogens is 234 g/mol. The lowest BCUT2D eigenvalue weighted by Crippen LogP contribution is -2.17. The molecular formula is C12H17N3OS. The number of hydrogen-bond acceptors (Lipinski definition) is 5. The largest absolute Gasteiger partial charge is 0.397 e. The van der Waals surface area contributed by atoms with Crippen molar-refractivity contribution in [1.82, 2.24) is 4.98 Å². The quantitative estimate of drug-likeness (QED) is 0.730. The molecule has 17 heavy (non-hydrogen) atoms. The van der Waals surface area contributed by atoms with Crippen LogP contribution in [0.25, 0.3) is 10.2 Å². The van der Waals surface area contributed by atoms with Crippen molar-refractivity contribution in [2.45, 2.75) is 26.3 Å². The van der Waals surface area contributed by atoms with Crippen molar-refractivity contribution in [3.63, 3.8) is 0 Å². The van der Waals surface area contributed by atoms with E-state index in [0.29, 0.717) is 6.42 Å². The first kappa shape index (κ1) is 12.1. The number of nitrogens with zero attached hydrogens (tertiary/aromatic N) is 1. The molecule has 2 rings (SSSR count). The first-order chi connectivity index (χ1) is 8.10. The van der Waals surface area contributed by atoms with Crippen molar-refractivity contribution >= 4 is 32.9 Å². The number of benzene rings is 1. The van der Waals surface area contributed by atoms with Gasteiger partial charge in [-0.15, -0.1) is 11.3 Å². The van der Waals surface area contributed by atoms with Gasteiger partial charge < -0.3 is 16.2 Å². The van der Waals surface area contributed by atoms with Crippen molar-refractivity contribution < 1.29 is 5.11 Å². The molecule has 1 aromatic carbocycles. The number of nitrogen functional groups attached to an aromatic ring is 1. The van der Waals surface area contributed by atoms with Crippen LogP contribution in [0.5, 0.6) is 0 Å². The number of rotatable bonds is 4. The summed E-state index contributed by atoms with van der Waals surface area (Å²) in [6.07, 6.45) is 0.702. The lowest BCUT2D eigenvalue weighted by molar-refractivity contribution is 0.282. The van der Waals surface area contributed by atoms with Gasteiger partial charge in [0.1, 0.15) is 0 Å². The molecule has 0 saturated heterocycles. The summed E-state index contributed by atoms with van der Waals surface area (Å²) in [5, 5.41) is 13.2. The summed E-state index contributed by atoms with van der Waals surface area (Å²) in [6.45, 7) is 4.18. The summed E-state index contributed by atoms with van der Waals surface area (Å²) in [7, 11) is 0. The molecule has 0 fully saturated rings. The molecule has 4 N–H and O–H groups in total. The number of thiazole rings is 1. The van der Waals surface area contributed by atoms with Crippen LogP contribution in [0.2, 0.25) is 0 Å². The van der Waals surface area contributed by atoms with Gasteiger partial charge in [-0.05, 0) is 32.4 Å². The molecule has 1 heterocycles. The second-order valence-corrected chi connectivity index (χ2v) is 5.43. The van der Waals surface area contributed by atoms with E-state index in [1.54, 1.807) is 11.3 Å². The Bertz CT molecular complexity index is 524. The molecule has 92 valence electrons. The molecule has 0 aliphatic carbocycles. The van der Waals surface area contributed by atoms with Crippen LogP contribution >= 0.6 is 11.3 Å². The molecule has 0 amide bonds. The number of aliphatic hydroxyl groups excluding tert-OH is 1. The molecule has 1 aromatic heterocycles. The maximum absolute atomic E-state index is 8.88. The van der Waals surface area contributed by atoms with Crippen LogP contribution in [-0.4, -0.2) is 22.7 Å². The summed E-state index contributed by atoms with van der Waals surface area (Å²) in [5.41, 5.74) is 8.59. The van der Waals surface area contributed by atoms with Gasteiger partial charge in [0.2, 0.25) is 0 Å². The van der Waals surface area contributed by atoms with Gasteiger partial charge in [-0.3, -0.25) is 0 Å². The van der Waals surface area contributed by atoms with E-state index in [4.69, 9.17) is 10.8 Å². The number of aryl methyl sites for hydroxylation is 1. The Morgan fingerprint density at radius 2 is 2.29 bits per heavy atom. The number of fused-ring (bicyclic) bond motifs is 1. The van der Waals surface area contributed by atoms with Crippen LogP contribution in [-0.2, 0) is 0 Å². The Morgan fingerprint density at radius 3 is 3.00 bits per heavy atom. The van der Waals surface area contributed by atoms with E-state index in [0.717, 1.165) is 26.6 Å². The monoisotopic (exact) mass is 251 g/mol. The Kier molecular flexibility index (Phi) is 3.49. The predicted molar refractivity (Wildman–Crippen MR) is 73.6 cm³/mol. The Hall–Kier alpha value is -1.33. The van der Waals surface area contributed by atoms with Crippen LogP contribution in [0.3, 0.4) is 0 Å². The molecule has 0 radical (unpaired) electrons. The van der Waals surface area contributed by atoms with Crippen molar-refractivity contribution in [2.24, 2.45) is 0 Å². The zero-order valence-corrected chi connectivity index (χ0v) is 10.8. The predicted octanol–water partition coefficient (Wildman–Crippen LogP) is 2.37. The smallest absolute Gasteiger partial charge is 0.0907 e. The van der Waals surface area contributed by atoms with Gasteiger partial charge >= 0.3 is 0 Å². The van der Waals surface area contributed by atoms with E-state index in [1.165, 1.54) is 0 Å². The maximum atomic E-state index is 8.88. The Balaban J connectivity index is 2.30. The number of nitrogens with one attached hydrogen (secondary N) is 1. The summed E-state index contributed by atoms with van der Waals surface area (Å²) in [4.78, 5) is 4.44. The summed E-state index contributed by atoms with van der Waals surface area (Å²) in [5.74, 6) is 0. The molecule has 0 aliphatic rings. The van der Waals surface area contributed by atoms with Gasteiger partial charge in [-0.1, -0.05) is 0 Å². The minimum absolute atomic E-state index is 0.173. The average Bonchev–Trinajstić information content (AvgIpc) is 2.58. The fraction of sp³-hybridized carbons (Fsp3) is 0.417. The third kappa shape index (κ3) is 2.68. The van der Waals surface area contributed by atoms with Gasteiger partial charge in [0, 0.05) is 12.6 Å². The standard InChI is InChI=1S/C12H17N3OS/c1-7(3-4-16)14-10-6-11-12(5-9(10)13)17-8(2)15-11/h5-7,14,16H,3-4,13H2,1-2H3.